The van der Waals surface area contributed by atoms with Crippen molar-refractivity contribution in [2.45, 2.75) is 43.3 Å². The minimum absolute atomic E-state index is 0.0847. The maximum atomic E-state index is 13.4. The number of nitrogens with zero attached hydrogens (tertiary/aromatic N) is 5. The van der Waals surface area contributed by atoms with Crippen LogP contribution in [0.3, 0.4) is 0 Å². The van der Waals surface area contributed by atoms with Crippen molar-refractivity contribution in [3.8, 4) is 11.4 Å². The van der Waals surface area contributed by atoms with E-state index in [1.165, 1.54) is 31.0 Å². The van der Waals surface area contributed by atoms with E-state index < -0.39 is 0 Å². The van der Waals surface area contributed by atoms with Crippen molar-refractivity contribution in [2.24, 2.45) is 0 Å². The van der Waals surface area contributed by atoms with Crippen molar-refractivity contribution in [3.05, 3.63) is 58.9 Å². The van der Waals surface area contributed by atoms with Crippen molar-refractivity contribution in [1.29, 1.82) is 0 Å². The lowest BCUT2D eigenvalue weighted by Crippen LogP contribution is -2.39. The lowest BCUT2D eigenvalue weighted by Gasteiger charge is -2.31. The number of para-hydroxylation sites is 1. The number of thioether (sulfide) groups is 1. The molecule has 9 heteroatoms. The van der Waals surface area contributed by atoms with Gasteiger partial charge in [0.25, 0.3) is 5.56 Å². The first-order chi connectivity index (χ1) is 16.6. The number of ether oxygens (including phenoxy) is 1. The van der Waals surface area contributed by atoms with Gasteiger partial charge in [-0.05, 0) is 49.2 Å². The molecule has 2 heterocycles. The molecule has 0 saturated heterocycles. The average molecular weight is 478 g/mol. The number of hydrogen-bond acceptors (Lipinski definition) is 6. The highest BCUT2D eigenvalue weighted by Gasteiger charge is 2.23. The van der Waals surface area contributed by atoms with E-state index in [1.807, 2.05) is 46.7 Å². The van der Waals surface area contributed by atoms with Crippen molar-refractivity contribution in [1.82, 2.24) is 24.1 Å². The first-order valence-corrected chi connectivity index (χ1v) is 12.5. The van der Waals surface area contributed by atoms with Crippen molar-refractivity contribution >= 4 is 34.3 Å². The molecule has 4 aromatic rings. The Labute approximate surface area is 201 Å². The van der Waals surface area contributed by atoms with Crippen LogP contribution in [-0.2, 0) is 4.79 Å². The van der Waals surface area contributed by atoms with Gasteiger partial charge in [0, 0.05) is 13.1 Å². The number of methoxy groups -OCH3 is 1. The quantitative estimate of drug-likeness (QED) is 0.392. The van der Waals surface area contributed by atoms with Gasteiger partial charge in [-0.1, -0.05) is 43.2 Å². The Balaban J connectivity index is 1.53. The first kappa shape index (κ1) is 22.5. The summed E-state index contributed by atoms with van der Waals surface area (Å²) in [6.07, 6.45) is 5.75. The molecule has 1 fully saturated rings. The van der Waals surface area contributed by atoms with E-state index in [9.17, 15) is 9.59 Å². The second kappa shape index (κ2) is 9.50. The standard InChI is InChI=1S/C25H27N5O3S/c1-28(17-8-4-3-5-9-17)22(31)16-34-25-27-26-24-29(18-12-14-19(33-2)15-13-18)23(32)20-10-6-7-11-21(20)30(24)25/h6-7,10-15,17H,3-5,8-9,16H2,1-2H3. The number of benzene rings is 2. The number of carbonyl (C=O) groups is 1. The summed E-state index contributed by atoms with van der Waals surface area (Å²) in [5.74, 6) is 1.46. The Morgan fingerprint density at radius 3 is 2.56 bits per heavy atom. The Bertz CT molecular complexity index is 1390. The van der Waals surface area contributed by atoms with Gasteiger partial charge in [0.2, 0.25) is 11.7 Å². The molecular weight excluding hydrogens is 450 g/mol. The summed E-state index contributed by atoms with van der Waals surface area (Å²) in [6.45, 7) is 0. The fourth-order valence-corrected chi connectivity index (χ4v) is 5.50. The topological polar surface area (TPSA) is 81.7 Å². The third-order valence-electron chi connectivity index (χ3n) is 6.57. The van der Waals surface area contributed by atoms with Gasteiger partial charge in [-0.3, -0.25) is 14.0 Å². The van der Waals surface area contributed by atoms with Crippen LogP contribution in [0.15, 0.2) is 58.5 Å². The van der Waals surface area contributed by atoms with Crippen LogP contribution in [0.4, 0.5) is 0 Å². The molecule has 0 radical (unpaired) electrons. The summed E-state index contributed by atoms with van der Waals surface area (Å²) < 4.78 is 8.67. The third-order valence-corrected chi connectivity index (χ3v) is 7.48. The highest BCUT2D eigenvalue weighted by Crippen LogP contribution is 2.26. The minimum atomic E-state index is -0.176. The first-order valence-electron chi connectivity index (χ1n) is 11.5. The fourth-order valence-electron chi connectivity index (χ4n) is 4.64. The Morgan fingerprint density at radius 1 is 1.09 bits per heavy atom. The second-order valence-corrected chi connectivity index (χ2v) is 9.50. The molecule has 0 N–H and O–H groups in total. The third kappa shape index (κ3) is 4.04. The minimum Gasteiger partial charge on any atom is -0.497 e. The predicted octanol–water partition coefficient (Wildman–Crippen LogP) is 3.93. The highest BCUT2D eigenvalue weighted by molar-refractivity contribution is 7.99. The van der Waals surface area contributed by atoms with Gasteiger partial charge in [-0.15, -0.1) is 10.2 Å². The molecule has 1 amide bonds. The summed E-state index contributed by atoms with van der Waals surface area (Å²) in [4.78, 5) is 28.2. The Kier molecular flexibility index (Phi) is 6.28. The van der Waals surface area contributed by atoms with Crippen LogP contribution in [0.5, 0.6) is 5.75 Å². The molecule has 5 rings (SSSR count). The van der Waals surface area contributed by atoms with E-state index in [0.717, 1.165) is 12.8 Å². The molecule has 0 spiro atoms. The number of rotatable bonds is 6. The number of carbonyl (C=O) groups excluding carboxylic acids is 1. The van der Waals surface area contributed by atoms with E-state index in [0.29, 0.717) is 39.3 Å². The van der Waals surface area contributed by atoms with E-state index >= 15 is 0 Å². The number of aromatic nitrogens is 4. The molecule has 0 aliphatic heterocycles. The number of fused-ring (bicyclic) bond motifs is 3. The summed E-state index contributed by atoms with van der Waals surface area (Å²) >= 11 is 1.35. The molecule has 0 atom stereocenters. The van der Waals surface area contributed by atoms with Gasteiger partial charge in [-0.2, -0.15) is 0 Å². The van der Waals surface area contributed by atoms with E-state index in [2.05, 4.69) is 10.2 Å². The van der Waals surface area contributed by atoms with Crippen LogP contribution in [0, 0.1) is 0 Å². The van der Waals surface area contributed by atoms with Gasteiger partial charge in [0.1, 0.15) is 5.75 Å². The number of hydrogen-bond donors (Lipinski definition) is 0. The molecule has 2 aromatic heterocycles. The maximum Gasteiger partial charge on any atom is 0.267 e. The molecule has 1 saturated carbocycles. The van der Waals surface area contributed by atoms with Gasteiger partial charge >= 0.3 is 0 Å². The molecule has 1 aliphatic rings. The molecule has 0 unspecified atom stereocenters. The van der Waals surface area contributed by atoms with E-state index in [1.54, 1.807) is 29.9 Å². The normalized spacial score (nSPS) is 14.5. The smallest absolute Gasteiger partial charge is 0.267 e. The van der Waals surface area contributed by atoms with Crippen LogP contribution in [-0.4, -0.2) is 55.9 Å². The second-order valence-electron chi connectivity index (χ2n) is 8.56. The van der Waals surface area contributed by atoms with Gasteiger partial charge < -0.3 is 9.64 Å². The zero-order valence-corrected chi connectivity index (χ0v) is 20.1. The fraction of sp³-hybridized carbons (Fsp3) is 0.360. The average Bonchev–Trinajstić information content (AvgIpc) is 3.31. The van der Waals surface area contributed by atoms with Crippen LogP contribution in [0.1, 0.15) is 32.1 Å². The lowest BCUT2D eigenvalue weighted by molar-refractivity contribution is -0.129. The van der Waals surface area contributed by atoms with Crippen molar-refractivity contribution < 1.29 is 9.53 Å². The Hall–Kier alpha value is -3.33. The van der Waals surface area contributed by atoms with Gasteiger partial charge in [0.15, 0.2) is 5.16 Å². The predicted molar refractivity (Wildman–Crippen MR) is 133 cm³/mol. The molecular formula is C25H27N5O3S. The van der Waals surface area contributed by atoms with Crippen LogP contribution in [0.25, 0.3) is 22.4 Å². The van der Waals surface area contributed by atoms with Gasteiger partial charge in [-0.25, -0.2) is 4.57 Å². The summed E-state index contributed by atoms with van der Waals surface area (Å²) in [5.41, 5.74) is 1.21. The van der Waals surface area contributed by atoms with E-state index in [-0.39, 0.29) is 17.2 Å². The van der Waals surface area contributed by atoms with Crippen molar-refractivity contribution in [2.75, 3.05) is 19.9 Å². The zero-order chi connectivity index (χ0) is 23.7. The molecule has 8 nitrogen and oxygen atoms in total. The summed E-state index contributed by atoms with van der Waals surface area (Å²) in [5, 5.41) is 9.87. The van der Waals surface area contributed by atoms with E-state index in [4.69, 9.17) is 4.74 Å². The largest absolute Gasteiger partial charge is 0.497 e. The van der Waals surface area contributed by atoms with Crippen LogP contribution < -0.4 is 10.3 Å². The molecule has 176 valence electrons. The van der Waals surface area contributed by atoms with Crippen molar-refractivity contribution in [3.63, 3.8) is 0 Å². The number of amides is 1. The molecule has 0 bridgehead atoms. The molecule has 1 aliphatic carbocycles. The lowest BCUT2D eigenvalue weighted by atomic mass is 9.94. The molecule has 34 heavy (non-hydrogen) atoms. The monoisotopic (exact) mass is 477 g/mol. The zero-order valence-electron chi connectivity index (χ0n) is 19.3. The Morgan fingerprint density at radius 2 is 1.82 bits per heavy atom. The van der Waals surface area contributed by atoms with Gasteiger partial charge in [0.05, 0.1) is 29.5 Å². The van der Waals surface area contributed by atoms with Crippen LogP contribution in [0.2, 0.25) is 0 Å². The SMILES string of the molecule is COc1ccc(-n2c(=O)c3ccccc3n3c(SCC(=O)N(C)C4CCCCC4)nnc23)cc1. The maximum absolute atomic E-state index is 13.4. The summed E-state index contributed by atoms with van der Waals surface area (Å²) in [7, 11) is 3.50. The van der Waals surface area contributed by atoms with Crippen LogP contribution >= 0.6 is 11.8 Å². The highest BCUT2D eigenvalue weighted by atomic mass is 32.2. The summed E-state index contributed by atoms with van der Waals surface area (Å²) in [6, 6.07) is 15.0. The molecule has 2 aromatic carbocycles.